The van der Waals surface area contributed by atoms with E-state index in [9.17, 15) is 0 Å². The fourth-order valence-electron chi connectivity index (χ4n) is 1.98. The van der Waals surface area contributed by atoms with Crippen molar-refractivity contribution < 1.29 is 9.47 Å². The van der Waals surface area contributed by atoms with Crippen LogP contribution in [0, 0.1) is 6.92 Å². The monoisotopic (exact) mass is 355 g/mol. The predicted molar refractivity (Wildman–Crippen MR) is 86.8 cm³/mol. The van der Waals surface area contributed by atoms with Crippen LogP contribution in [0.2, 0.25) is 0 Å². The Morgan fingerprint density at radius 1 is 1.20 bits per heavy atom. The lowest BCUT2D eigenvalue weighted by molar-refractivity contribution is 0.352. The number of benzene rings is 1. The molecule has 0 bridgehead atoms. The van der Waals surface area contributed by atoms with Gasteiger partial charge in [0.05, 0.1) is 18.7 Å². The minimum atomic E-state index is 0.727. The number of rotatable bonds is 6. The van der Waals surface area contributed by atoms with Crippen LogP contribution < -0.4 is 14.8 Å². The molecule has 1 heterocycles. The zero-order valence-corrected chi connectivity index (χ0v) is 14.2. The Balaban J connectivity index is 2.03. The van der Waals surface area contributed by atoms with E-state index in [2.05, 4.69) is 45.7 Å². The first kappa shape index (κ1) is 15.4. The van der Waals surface area contributed by atoms with Gasteiger partial charge in [-0.05, 0) is 57.6 Å². The predicted octanol–water partition coefficient (Wildman–Crippen LogP) is 4.13. The number of aryl methyl sites for hydroxylation is 1. The zero-order valence-electron chi connectivity index (χ0n) is 11.8. The van der Waals surface area contributed by atoms with Gasteiger partial charge in [-0.25, -0.2) is 0 Å². The summed E-state index contributed by atoms with van der Waals surface area (Å²) in [4.78, 5) is 1.38. The summed E-state index contributed by atoms with van der Waals surface area (Å²) in [6.45, 7) is 3.81. The molecule has 3 nitrogen and oxygen atoms in total. The number of ether oxygens (including phenoxy) is 2. The Hall–Kier alpha value is -1.04. The first-order valence-electron chi connectivity index (χ1n) is 6.29. The molecule has 2 aromatic rings. The van der Waals surface area contributed by atoms with Gasteiger partial charge in [-0.2, -0.15) is 0 Å². The van der Waals surface area contributed by atoms with Crippen molar-refractivity contribution in [3.8, 4) is 11.5 Å². The van der Waals surface area contributed by atoms with Crippen LogP contribution in [0.4, 0.5) is 0 Å². The van der Waals surface area contributed by atoms with Gasteiger partial charge < -0.3 is 14.8 Å². The van der Waals surface area contributed by atoms with E-state index in [-0.39, 0.29) is 0 Å². The third kappa shape index (κ3) is 3.53. The summed E-state index contributed by atoms with van der Waals surface area (Å²) in [6.07, 6.45) is 0. The summed E-state index contributed by atoms with van der Waals surface area (Å²) in [5.74, 6) is 1.47. The van der Waals surface area contributed by atoms with Gasteiger partial charge in [-0.15, -0.1) is 11.3 Å². The van der Waals surface area contributed by atoms with E-state index in [0.29, 0.717) is 0 Å². The molecule has 1 aromatic carbocycles. The molecule has 2 rings (SSSR count). The summed E-state index contributed by atoms with van der Waals surface area (Å²) in [5, 5.41) is 5.58. The SMILES string of the molecule is COc1cc(CNCc2sccc2C)cc(Br)c1OC. The van der Waals surface area contributed by atoms with Crippen molar-refractivity contribution in [2.24, 2.45) is 0 Å². The Labute approximate surface area is 132 Å². The molecule has 5 heteroatoms. The molecule has 108 valence electrons. The Morgan fingerprint density at radius 2 is 2.00 bits per heavy atom. The standard InChI is InChI=1S/C15H18BrNO2S/c1-10-4-5-20-14(10)9-17-8-11-6-12(16)15(19-3)13(7-11)18-2/h4-7,17H,8-9H2,1-3H3. The van der Waals surface area contributed by atoms with Crippen LogP contribution in [0.5, 0.6) is 11.5 Å². The van der Waals surface area contributed by atoms with Gasteiger partial charge in [0.25, 0.3) is 0 Å². The van der Waals surface area contributed by atoms with Crippen LogP contribution in [-0.2, 0) is 13.1 Å². The molecule has 0 aliphatic carbocycles. The summed E-state index contributed by atoms with van der Waals surface area (Å²) in [6, 6.07) is 6.20. The van der Waals surface area contributed by atoms with E-state index in [4.69, 9.17) is 9.47 Å². The molecule has 20 heavy (non-hydrogen) atoms. The Kier molecular flexibility index (Phi) is 5.46. The summed E-state index contributed by atoms with van der Waals surface area (Å²) in [5.41, 5.74) is 2.50. The van der Waals surface area contributed by atoms with Crippen LogP contribution in [0.25, 0.3) is 0 Å². The number of hydrogen-bond acceptors (Lipinski definition) is 4. The average Bonchev–Trinajstić information content (AvgIpc) is 2.84. The lowest BCUT2D eigenvalue weighted by atomic mass is 10.2. The van der Waals surface area contributed by atoms with Crippen LogP contribution in [-0.4, -0.2) is 14.2 Å². The fourth-order valence-corrected chi connectivity index (χ4v) is 3.51. The molecule has 0 aliphatic heterocycles. The average molecular weight is 356 g/mol. The second kappa shape index (κ2) is 7.11. The largest absolute Gasteiger partial charge is 0.493 e. The van der Waals surface area contributed by atoms with Crippen molar-refractivity contribution in [1.29, 1.82) is 0 Å². The molecule has 0 saturated heterocycles. The second-order valence-electron chi connectivity index (χ2n) is 4.44. The molecule has 0 aliphatic rings. The maximum atomic E-state index is 5.35. The van der Waals surface area contributed by atoms with Crippen molar-refractivity contribution in [3.05, 3.63) is 44.1 Å². The van der Waals surface area contributed by atoms with Gasteiger partial charge in [0.2, 0.25) is 0 Å². The van der Waals surface area contributed by atoms with E-state index < -0.39 is 0 Å². The molecule has 1 aromatic heterocycles. The summed E-state index contributed by atoms with van der Waals surface area (Å²) in [7, 11) is 3.29. The zero-order chi connectivity index (χ0) is 14.5. The van der Waals surface area contributed by atoms with Gasteiger partial charge in [0, 0.05) is 18.0 Å². The molecule has 0 unspecified atom stereocenters. The highest BCUT2D eigenvalue weighted by atomic mass is 79.9. The molecular weight excluding hydrogens is 338 g/mol. The molecule has 0 fully saturated rings. The normalized spacial score (nSPS) is 10.6. The minimum absolute atomic E-state index is 0.727. The molecule has 1 N–H and O–H groups in total. The van der Waals surface area contributed by atoms with E-state index in [1.807, 2.05) is 6.07 Å². The third-order valence-electron chi connectivity index (χ3n) is 3.08. The van der Waals surface area contributed by atoms with E-state index >= 15 is 0 Å². The highest BCUT2D eigenvalue weighted by molar-refractivity contribution is 9.10. The highest BCUT2D eigenvalue weighted by Crippen LogP contribution is 2.36. The van der Waals surface area contributed by atoms with E-state index in [0.717, 1.165) is 34.6 Å². The number of methoxy groups -OCH3 is 2. The molecule has 0 amide bonds. The van der Waals surface area contributed by atoms with Crippen LogP contribution in [0.3, 0.4) is 0 Å². The number of halogens is 1. The molecule has 0 saturated carbocycles. The Morgan fingerprint density at radius 3 is 2.60 bits per heavy atom. The quantitative estimate of drug-likeness (QED) is 0.844. The highest BCUT2D eigenvalue weighted by Gasteiger charge is 2.10. The molecule has 0 spiro atoms. The van der Waals surface area contributed by atoms with Gasteiger partial charge in [0.1, 0.15) is 0 Å². The van der Waals surface area contributed by atoms with Crippen LogP contribution in [0.15, 0.2) is 28.1 Å². The lowest BCUT2D eigenvalue weighted by Gasteiger charge is -2.12. The van der Waals surface area contributed by atoms with Crippen LogP contribution >= 0.6 is 27.3 Å². The van der Waals surface area contributed by atoms with Crippen molar-refractivity contribution in [2.45, 2.75) is 20.0 Å². The molecule has 0 radical (unpaired) electrons. The van der Waals surface area contributed by atoms with Crippen LogP contribution in [0.1, 0.15) is 16.0 Å². The van der Waals surface area contributed by atoms with E-state index in [1.165, 1.54) is 10.4 Å². The third-order valence-corrected chi connectivity index (χ3v) is 4.69. The number of nitrogens with one attached hydrogen (secondary N) is 1. The number of hydrogen-bond donors (Lipinski definition) is 1. The molecular formula is C15H18BrNO2S. The van der Waals surface area contributed by atoms with Gasteiger partial charge in [0.15, 0.2) is 11.5 Å². The summed E-state index contributed by atoms with van der Waals surface area (Å²) >= 11 is 5.30. The second-order valence-corrected chi connectivity index (χ2v) is 6.30. The first-order chi connectivity index (χ1) is 9.65. The Bertz CT molecular complexity index is 583. The number of thiophene rings is 1. The maximum absolute atomic E-state index is 5.35. The van der Waals surface area contributed by atoms with Gasteiger partial charge in [-0.1, -0.05) is 0 Å². The smallest absolute Gasteiger partial charge is 0.174 e. The minimum Gasteiger partial charge on any atom is -0.493 e. The maximum Gasteiger partial charge on any atom is 0.174 e. The first-order valence-corrected chi connectivity index (χ1v) is 7.97. The summed E-state index contributed by atoms with van der Waals surface area (Å²) < 4.78 is 11.6. The van der Waals surface area contributed by atoms with Crippen molar-refractivity contribution in [3.63, 3.8) is 0 Å². The van der Waals surface area contributed by atoms with Crippen molar-refractivity contribution in [1.82, 2.24) is 5.32 Å². The van der Waals surface area contributed by atoms with Crippen molar-refractivity contribution >= 4 is 27.3 Å². The van der Waals surface area contributed by atoms with Gasteiger partial charge >= 0.3 is 0 Å². The molecule has 0 atom stereocenters. The van der Waals surface area contributed by atoms with E-state index in [1.54, 1.807) is 25.6 Å². The topological polar surface area (TPSA) is 30.5 Å². The van der Waals surface area contributed by atoms with Gasteiger partial charge in [-0.3, -0.25) is 0 Å². The lowest BCUT2D eigenvalue weighted by Crippen LogP contribution is -2.12. The fraction of sp³-hybridized carbons (Fsp3) is 0.333. The van der Waals surface area contributed by atoms with Crippen molar-refractivity contribution in [2.75, 3.05) is 14.2 Å².